The fourth-order valence-corrected chi connectivity index (χ4v) is 2.83. The van der Waals surface area contributed by atoms with E-state index in [-0.39, 0.29) is 23.1 Å². The highest BCUT2D eigenvalue weighted by Gasteiger charge is 2.22. The highest BCUT2D eigenvalue weighted by atomic mass is 35.5. The van der Waals surface area contributed by atoms with Crippen LogP contribution in [-0.2, 0) is 11.3 Å². The summed E-state index contributed by atoms with van der Waals surface area (Å²) in [6, 6.07) is 4.69. The molecule has 2 heterocycles. The Morgan fingerprint density at radius 2 is 2.07 bits per heavy atom. The van der Waals surface area contributed by atoms with Gasteiger partial charge in [-0.15, -0.1) is 5.10 Å². The van der Waals surface area contributed by atoms with Gasteiger partial charge < -0.3 is 0 Å². The van der Waals surface area contributed by atoms with Gasteiger partial charge in [-0.1, -0.05) is 17.7 Å². The number of amides is 1. The van der Waals surface area contributed by atoms with Crippen molar-refractivity contribution in [3.63, 3.8) is 0 Å². The van der Waals surface area contributed by atoms with Gasteiger partial charge in [0.1, 0.15) is 23.9 Å². The van der Waals surface area contributed by atoms with E-state index < -0.39 is 29.9 Å². The quantitative estimate of drug-likeness (QED) is 0.668. The lowest BCUT2D eigenvalue weighted by atomic mass is 10.2. The number of nitrogens with one attached hydrogen (secondary N) is 1. The van der Waals surface area contributed by atoms with Crippen molar-refractivity contribution in [1.82, 2.24) is 24.5 Å². The molecule has 0 radical (unpaired) electrons. The number of anilines is 1. The van der Waals surface area contributed by atoms with Crippen molar-refractivity contribution in [2.75, 3.05) is 5.32 Å². The lowest BCUT2D eigenvalue weighted by Crippen LogP contribution is -2.26. The second-order valence-electron chi connectivity index (χ2n) is 6.09. The first-order valence-corrected chi connectivity index (χ1v) is 8.61. The Labute approximate surface area is 163 Å². The maximum atomic E-state index is 13.9. The van der Waals surface area contributed by atoms with E-state index >= 15 is 0 Å². The maximum Gasteiger partial charge on any atom is 0.282 e. The lowest BCUT2D eigenvalue weighted by molar-refractivity contribution is -0.119. The van der Waals surface area contributed by atoms with Crippen molar-refractivity contribution >= 4 is 23.5 Å². The molecule has 1 atom stereocenters. The zero-order valence-corrected chi connectivity index (χ0v) is 15.7. The standard InChI is InChI=1S/C17H16ClF3N6O/c1-9-6-14(15(20)21)24-27(9)10(2)16(28)23-17-22-8-26(25-17)7-11-12(18)4-3-5-13(11)19/h3-6,8,10,15H,7H2,1-2H3,(H,23,25,28). The van der Waals surface area contributed by atoms with Crippen LogP contribution in [0.3, 0.4) is 0 Å². The summed E-state index contributed by atoms with van der Waals surface area (Å²) >= 11 is 5.98. The normalized spacial score (nSPS) is 12.4. The fraction of sp³-hybridized carbons (Fsp3) is 0.294. The predicted octanol–water partition coefficient (Wildman–Crippen LogP) is 3.76. The molecule has 0 bridgehead atoms. The molecule has 1 N–H and O–H groups in total. The Kier molecular flexibility index (Phi) is 5.68. The molecule has 0 saturated carbocycles. The summed E-state index contributed by atoms with van der Waals surface area (Å²) in [6.07, 6.45) is -1.41. The largest absolute Gasteiger partial charge is 0.291 e. The first-order valence-electron chi connectivity index (χ1n) is 8.23. The van der Waals surface area contributed by atoms with Crippen molar-refractivity contribution in [2.24, 2.45) is 0 Å². The van der Waals surface area contributed by atoms with Gasteiger partial charge in [-0.3, -0.25) is 14.8 Å². The van der Waals surface area contributed by atoms with Crippen LogP contribution in [0.25, 0.3) is 0 Å². The van der Waals surface area contributed by atoms with E-state index in [0.717, 1.165) is 0 Å². The number of aryl methyl sites for hydroxylation is 1. The third-order valence-corrected chi connectivity index (χ3v) is 4.42. The zero-order valence-electron chi connectivity index (χ0n) is 14.9. The minimum absolute atomic E-state index is 0.0109. The molecule has 3 rings (SSSR count). The van der Waals surface area contributed by atoms with E-state index in [1.807, 2.05) is 0 Å². The van der Waals surface area contributed by atoms with Gasteiger partial charge in [0.05, 0.1) is 6.54 Å². The van der Waals surface area contributed by atoms with E-state index in [4.69, 9.17) is 11.6 Å². The minimum Gasteiger partial charge on any atom is -0.291 e. The SMILES string of the molecule is Cc1cc(C(F)F)nn1C(C)C(=O)Nc1ncn(Cc2c(F)cccc2Cl)n1. The average Bonchev–Trinajstić information content (AvgIpc) is 3.24. The number of carbonyl (C=O) groups is 1. The van der Waals surface area contributed by atoms with Gasteiger partial charge in [-0.05, 0) is 32.0 Å². The van der Waals surface area contributed by atoms with Crippen molar-refractivity contribution in [3.8, 4) is 0 Å². The summed E-state index contributed by atoms with van der Waals surface area (Å²) < 4.78 is 41.9. The molecule has 148 valence electrons. The molecule has 1 aromatic carbocycles. The molecule has 11 heteroatoms. The molecule has 0 aliphatic heterocycles. The van der Waals surface area contributed by atoms with Crippen LogP contribution in [0, 0.1) is 12.7 Å². The molecule has 0 spiro atoms. The van der Waals surface area contributed by atoms with Crippen molar-refractivity contribution in [3.05, 3.63) is 58.4 Å². The van der Waals surface area contributed by atoms with Crippen molar-refractivity contribution in [1.29, 1.82) is 0 Å². The highest BCUT2D eigenvalue weighted by Crippen LogP contribution is 2.21. The number of hydrogen-bond donors (Lipinski definition) is 1. The van der Waals surface area contributed by atoms with Crippen molar-refractivity contribution in [2.45, 2.75) is 32.9 Å². The van der Waals surface area contributed by atoms with E-state index in [1.165, 1.54) is 40.8 Å². The van der Waals surface area contributed by atoms with Crippen LogP contribution in [0.1, 0.15) is 36.3 Å². The Hall–Kier alpha value is -2.88. The number of carbonyl (C=O) groups excluding carboxylic acids is 1. The van der Waals surface area contributed by atoms with Gasteiger partial charge in [-0.2, -0.15) is 5.10 Å². The number of hydrogen-bond acceptors (Lipinski definition) is 4. The van der Waals surface area contributed by atoms with Crippen LogP contribution in [0.15, 0.2) is 30.6 Å². The molecule has 3 aromatic rings. The number of nitrogens with zero attached hydrogens (tertiary/aromatic N) is 5. The van der Waals surface area contributed by atoms with Gasteiger partial charge in [-0.25, -0.2) is 22.8 Å². The van der Waals surface area contributed by atoms with Crippen LogP contribution in [0.5, 0.6) is 0 Å². The fourth-order valence-electron chi connectivity index (χ4n) is 2.61. The molecular formula is C17H16ClF3N6O. The van der Waals surface area contributed by atoms with Crippen molar-refractivity contribution < 1.29 is 18.0 Å². The highest BCUT2D eigenvalue weighted by molar-refractivity contribution is 6.31. The molecule has 0 aliphatic carbocycles. The number of alkyl halides is 2. The van der Waals surface area contributed by atoms with Crippen LogP contribution in [0.4, 0.5) is 19.1 Å². The van der Waals surface area contributed by atoms with E-state index in [1.54, 1.807) is 13.0 Å². The molecule has 1 unspecified atom stereocenters. The summed E-state index contributed by atoms with van der Waals surface area (Å²) in [4.78, 5) is 16.3. The Balaban J connectivity index is 1.70. The van der Waals surface area contributed by atoms with E-state index in [0.29, 0.717) is 5.69 Å². The third kappa shape index (κ3) is 4.16. The number of rotatable bonds is 6. The Morgan fingerprint density at radius 1 is 1.32 bits per heavy atom. The number of halogens is 4. The Morgan fingerprint density at radius 3 is 2.71 bits per heavy atom. The number of aromatic nitrogens is 5. The van der Waals surface area contributed by atoms with Crippen LogP contribution in [-0.4, -0.2) is 30.5 Å². The minimum atomic E-state index is -2.72. The third-order valence-electron chi connectivity index (χ3n) is 4.06. The summed E-state index contributed by atoms with van der Waals surface area (Å²) in [7, 11) is 0. The molecule has 1 amide bonds. The molecule has 0 aliphatic rings. The zero-order chi connectivity index (χ0) is 20.4. The molecule has 0 saturated heterocycles. The molecule has 2 aromatic heterocycles. The summed E-state index contributed by atoms with van der Waals surface area (Å²) in [5, 5.41) is 10.5. The van der Waals surface area contributed by atoms with Gasteiger partial charge in [0.15, 0.2) is 0 Å². The monoisotopic (exact) mass is 412 g/mol. The topological polar surface area (TPSA) is 77.6 Å². The maximum absolute atomic E-state index is 13.9. The summed E-state index contributed by atoms with van der Waals surface area (Å²) in [5.41, 5.74) is 0.263. The van der Waals surface area contributed by atoms with Crippen LogP contribution in [0.2, 0.25) is 5.02 Å². The first kappa shape index (κ1) is 19.9. The Bertz CT molecular complexity index is 982. The van der Waals surface area contributed by atoms with Gasteiger partial charge >= 0.3 is 0 Å². The molecule has 28 heavy (non-hydrogen) atoms. The summed E-state index contributed by atoms with van der Waals surface area (Å²) in [5.74, 6) is -1.02. The van der Waals surface area contributed by atoms with Gasteiger partial charge in [0.2, 0.25) is 5.95 Å². The van der Waals surface area contributed by atoms with E-state index in [2.05, 4.69) is 20.5 Å². The number of benzene rings is 1. The lowest BCUT2D eigenvalue weighted by Gasteiger charge is -2.13. The second-order valence-corrected chi connectivity index (χ2v) is 6.49. The second kappa shape index (κ2) is 8.01. The molecular weight excluding hydrogens is 397 g/mol. The van der Waals surface area contributed by atoms with Gasteiger partial charge in [0, 0.05) is 16.3 Å². The predicted molar refractivity (Wildman–Crippen MR) is 95.8 cm³/mol. The average molecular weight is 413 g/mol. The van der Waals surface area contributed by atoms with E-state index in [9.17, 15) is 18.0 Å². The smallest absolute Gasteiger partial charge is 0.282 e. The molecule has 7 nitrogen and oxygen atoms in total. The van der Waals surface area contributed by atoms with Crippen LogP contribution >= 0.6 is 11.6 Å². The first-order chi connectivity index (χ1) is 13.3. The van der Waals surface area contributed by atoms with Gasteiger partial charge in [0.25, 0.3) is 12.3 Å². The summed E-state index contributed by atoms with van der Waals surface area (Å²) in [6.45, 7) is 3.12. The molecule has 0 fully saturated rings. The van der Waals surface area contributed by atoms with Crippen LogP contribution < -0.4 is 5.32 Å².